The van der Waals surface area contributed by atoms with Crippen molar-refractivity contribution < 1.29 is 9.15 Å². The first kappa shape index (κ1) is 13.9. The molecule has 0 fully saturated rings. The standard InChI is InChI=1S/C14H17ClN2O2/c1-9-3-4-12(18-2)10(7-9)8-11(17-16)13-5-6-14(15)19-13/h3-7,11,17H,8,16H2,1-2H3. The van der Waals surface area contributed by atoms with Crippen LogP contribution in [-0.4, -0.2) is 7.11 Å². The zero-order chi connectivity index (χ0) is 13.8. The number of ether oxygens (including phenoxy) is 1. The molecule has 2 aromatic rings. The zero-order valence-corrected chi connectivity index (χ0v) is 11.7. The molecule has 1 heterocycles. The van der Waals surface area contributed by atoms with Crippen LogP contribution < -0.4 is 16.0 Å². The van der Waals surface area contributed by atoms with E-state index in [4.69, 9.17) is 26.6 Å². The maximum absolute atomic E-state index is 5.79. The molecule has 0 aliphatic carbocycles. The van der Waals surface area contributed by atoms with Gasteiger partial charge in [0.15, 0.2) is 5.22 Å². The normalized spacial score (nSPS) is 12.4. The minimum absolute atomic E-state index is 0.150. The zero-order valence-electron chi connectivity index (χ0n) is 10.9. The second kappa shape index (κ2) is 6.10. The lowest BCUT2D eigenvalue weighted by molar-refractivity contribution is 0.392. The van der Waals surface area contributed by atoms with Gasteiger partial charge in [-0.1, -0.05) is 17.7 Å². The first-order chi connectivity index (χ1) is 9.13. The van der Waals surface area contributed by atoms with Crippen molar-refractivity contribution in [1.82, 2.24) is 5.43 Å². The summed E-state index contributed by atoms with van der Waals surface area (Å²) in [5.41, 5.74) is 4.98. The van der Waals surface area contributed by atoms with Gasteiger partial charge in [0.1, 0.15) is 11.5 Å². The van der Waals surface area contributed by atoms with Crippen LogP contribution in [0.25, 0.3) is 0 Å². The van der Waals surface area contributed by atoms with Crippen molar-refractivity contribution in [3.05, 3.63) is 52.4 Å². The van der Waals surface area contributed by atoms with Crippen LogP contribution in [0.4, 0.5) is 0 Å². The van der Waals surface area contributed by atoms with Crippen LogP contribution in [0.15, 0.2) is 34.7 Å². The van der Waals surface area contributed by atoms with Gasteiger partial charge in [0.05, 0.1) is 13.2 Å². The maximum Gasteiger partial charge on any atom is 0.193 e. The second-order valence-electron chi connectivity index (χ2n) is 4.38. The summed E-state index contributed by atoms with van der Waals surface area (Å²) in [7, 11) is 1.66. The average molecular weight is 281 g/mol. The van der Waals surface area contributed by atoms with Gasteiger partial charge in [0.2, 0.25) is 0 Å². The van der Waals surface area contributed by atoms with Crippen LogP contribution in [0.2, 0.25) is 5.22 Å². The monoisotopic (exact) mass is 280 g/mol. The van der Waals surface area contributed by atoms with Gasteiger partial charge in [-0.3, -0.25) is 5.84 Å². The SMILES string of the molecule is COc1ccc(C)cc1CC(NN)c1ccc(Cl)o1. The van der Waals surface area contributed by atoms with Crippen LogP contribution in [0, 0.1) is 6.92 Å². The third kappa shape index (κ3) is 3.29. The Balaban J connectivity index is 2.25. The summed E-state index contributed by atoms with van der Waals surface area (Å²) < 4.78 is 10.8. The molecular formula is C14H17ClN2O2. The van der Waals surface area contributed by atoms with Crippen molar-refractivity contribution in [2.75, 3.05) is 7.11 Å². The Kier molecular flexibility index (Phi) is 4.47. The molecule has 1 aromatic carbocycles. The lowest BCUT2D eigenvalue weighted by Gasteiger charge is -2.16. The van der Waals surface area contributed by atoms with Gasteiger partial charge < -0.3 is 9.15 Å². The van der Waals surface area contributed by atoms with Crippen molar-refractivity contribution >= 4 is 11.6 Å². The van der Waals surface area contributed by atoms with Gasteiger partial charge in [-0.2, -0.15) is 0 Å². The smallest absolute Gasteiger partial charge is 0.193 e. The molecule has 0 saturated heterocycles. The fraction of sp³-hybridized carbons (Fsp3) is 0.286. The number of rotatable bonds is 5. The number of furan rings is 1. The summed E-state index contributed by atoms with van der Waals surface area (Å²) in [6.07, 6.45) is 0.658. The van der Waals surface area contributed by atoms with E-state index in [0.717, 1.165) is 11.3 Å². The summed E-state index contributed by atoms with van der Waals surface area (Å²) in [5.74, 6) is 7.14. The largest absolute Gasteiger partial charge is 0.496 e. The minimum Gasteiger partial charge on any atom is -0.496 e. The molecular weight excluding hydrogens is 264 g/mol. The highest BCUT2D eigenvalue weighted by molar-refractivity contribution is 6.28. The van der Waals surface area contributed by atoms with E-state index >= 15 is 0 Å². The maximum atomic E-state index is 5.79. The predicted octanol–water partition coefficient (Wildman–Crippen LogP) is 3.00. The summed E-state index contributed by atoms with van der Waals surface area (Å²) in [4.78, 5) is 0. The number of benzene rings is 1. The minimum atomic E-state index is -0.150. The third-order valence-corrected chi connectivity index (χ3v) is 3.20. The predicted molar refractivity (Wildman–Crippen MR) is 75.2 cm³/mol. The summed E-state index contributed by atoms with van der Waals surface area (Å²) >= 11 is 5.79. The second-order valence-corrected chi connectivity index (χ2v) is 4.75. The Morgan fingerprint density at radius 3 is 2.74 bits per heavy atom. The van der Waals surface area contributed by atoms with E-state index in [1.54, 1.807) is 13.2 Å². The molecule has 102 valence electrons. The highest BCUT2D eigenvalue weighted by Crippen LogP contribution is 2.27. The molecule has 5 heteroatoms. The Morgan fingerprint density at radius 2 is 2.16 bits per heavy atom. The van der Waals surface area contributed by atoms with Gasteiger partial charge in [-0.15, -0.1) is 0 Å². The Bertz CT molecular complexity index is 554. The Morgan fingerprint density at radius 1 is 1.37 bits per heavy atom. The average Bonchev–Trinajstić information content (AvgIpc) is 2.82. The molecule has 0 radical (unpaired) electrons. The van der Waals surface area contributed by atoms with Crippen LogP contribution in [0.1, 0.15) is 22.9 Å². The first-order valence-corrected chi connectivity index (χ1v) is 6.36. The van der Waals surface area contributed by atoms with E-state index in [-0.39, 0.29) is 6.04 Å². The number of hydrogen-bond acceptors (Lipinski definition) is 4. The van der Waals surface area contributed by atoms with Gasteiger partial charge in [-0.25, -0.2) is 5.43 Å². The summed E-state index contributed by atoms with van der Waals surface area (Å²) in [6, 6.07) is 9.41. The van der Waals surface area contributed by atoms with Crippen molar-refractivity contribution in [2.45, 2.75) is 19.4 Å². The van der Waals surface area contributed by atoms with E-state index < -0.39 is 0 Å². The topological polar surface area (TPSA) is 60.4 Å². The number of halogens is 1. The van der Waals surface area contributed by atoms with E-state index in [1.807, 2.05) is 25.1 Å². The molecule has 1 atom stereocenters. The molecule has 1 unspecified atom stereocenters. The molecule has 3 N–H and O–H groups in total. The summed E-state index contributed by atoms with van der Waals surface area (Å²) in [6.45, 7) is 2.04. The highest BCUT2D eigenvalue weighted by atomic mass is 35.5. The molecule has 0 amide bonds. The molecule has 1 aromatic heterocycles. The van der Waals surface area contributed by atoms with Crippen molar-refractivity contribution in [3.63, 3.8) is 0 Å². The number of hydrogen-bond donors (Lipinski definition) is 2. The number of methoxy groups -OCH3 is 1. The fourth-order valence-corrected chi connectivity index (χ4v) is 2.20. The van der Waals surface area contributed by atoms with Gasteiger partial charge in [0.25, 0.3) is 0 Å². The van der Waals surface area contributed by atoms with Crippen LogP contribution in [-0.2, 0) is 6.42 Å². The quantitative estimate of drug-likeness (QED) is 0.653. The van der Waals surface area contributed by atoms with Gasteiger partial charge in [-0.05, 0) is 48.7 Å². The van der Waals surface area contributed by atoms with E-state index in [0.29, 0.717) is 17.4 Å². The Hall–Kier alpha value is -1.49. The third-order valence-electron chi connectivity index (χ3n) is 3.00. The molecule has 0 bridgehead atoms. The summed E-state index contributed by atoms with van der Waals surface area (Å²) in [5, 5.41) is 0.353. The molecule has 0 saturated carbocycles. The van der Waals surface area contributed by atoms with Gasteiger partial charge in [0, 0.05) is 0 Å². The van der Waals surface area contributed by atoms with Crippen molar-refractivity contribution in [1.29, 1.82) is 0 Å². The molecule has 4 nitrogen and oxygen atoms in total. The molecule has 0 aliphatic rings. The number of nitrogens with one attached hydrogen (secondary N) is 1. The first-order valence-electron chi connectivity index (χ1n) is 5.99. The van der Waals surface area contributed by atoms with E-state index in [9.17, 15) is 0 Å². The van der Waals surface area contributed by atoms with E-state index in [2.05, 4.69) is 11.5 Å². The molecule has 2 rings (SSSR count). The number of aryl methyl sites for hydroxylation is 1. The number of nitrogens with two attached hydrogens (primary N) is 1. The highest BCUT2D eigenvalue weighted by Gasteiger charge is 2.17. The lowest BCUT2D eigenvalue weighted by Crippen LogP contribution is -2.29. The van der Waals surface area contributed by atoms with Crippen LogP contribution in [0.3, 0.4) is 0 Å². The molecule has 0 spiro atoms. The lowest BCUT2D eigenvalue weighted by atomic mass is 10.0. The number of hydrazine groups is 1. The van der Waals surface area contributed by atoms with Crippen molar-refractivity contribution in [3.8, 4) is 5.75 Å². The van der Waals surface area contributed by atoms with E-state index in [1.165, 1.54) is 5.56 Å². The van der Waals surface area contributed by atoms with Gasteiger partial charge >= 0.3 is 0 Å². The van der Waals surface area contributed by atoms with Crippen LogP contribution in [0.5, 0.6) is 5.75 Å². The van der Waals surface area contributed by atoms with Crippen molar-refractivity contribution in [2.24, 2.45) is 5.84 Å². The fourth-order valence-electron chi connectivity index (χ4n) is 2.04. The molecule has 19 heavy (non-hydrogen) atoms. The van der Waals surface area contributed by atoms with Crippen LogP contribution >= 0.6 is 11.6 Å². The molecule has 0 aliphatic heterocycles. The Labute approximate surface area is 117 Å².